The number of carbonyl (C=O) groups excluding carboxylic acids is 1. The number of aryl methyl sites for hydroxylation is 1. The topological polar surface area (TPSA) is 111 Å². The number of nitrogens with one attached hydrogen (secondary N) is 1. The fourth-order valence-corrected chi connectivity index (χ4v) is 5.83. The Kier molecular flexibility index (Phi) is 9.36. The highest BCUT2D eigenvalue weighted by Gasteiger charge is 2.27. The van der Waals surface area contributed by atoms with Gasteiger partial charge in [0.2, 0.25) is 5.95 Å². The molecule has 1 aliphatic heterocycles. The zero-order chi connectivity index (χ0) is 31.4. The lowest BCUT2D eigenvalue weighted by atomic mass is 10.0. The zero-order valence-corrected chi connectivity index (χ0v) is 26.6. The Labute approximate surface area is 259 Å². The van der Waals surface area contributed by atoms with Gasteiger partial charge in [-0.25, -0.2) is 14.8 Å². The first-order valence-corrected chi connectivity index (χ1v) is 15.7. The van der Waals surface area contributed by atoms with E-state index in [4.69, 9.17) is 14.5 Å². The van der Waals surface area contributed by atoms with Gasteiger partial charge in [-0.3, -0.25) is 9.36 Å². The smallest absolute Gasteiger partial charge is 0.410 e. The number of ether oxygens (including phenoxy) is 2. The van der Waals surface area contributed by atoms with E-state index >= 15 is 0 Å². The SMILES string of the molecule is C=C(OCCCC)c1c(C)c2cnc(Nc3ccc(C4=CCN(C(=O)OC(C)(C)C)CC4)cn3)nc2n(C2CCCC2)c1=O. The molecule has 0 saturated heterocycles. The molecule has 5 rings (SSSR count). The second kappa shape index (κ2) is 13.2. The summed E-state index contributed by atoms with van der Waals surface area (Å²) in [6, 6.07) is 3.96. The number of hydrogen-bond donors (Lipinski definition) is 1. The van der Waals surface area contributed by atoms with Crippen LogP contribution in [0.25, 0.3) is 22.4 Å². The summed E-state index contributed by atoms with van der Waals surface area (Å²) in [6.45, 7) is 15.3. The molecule has 1 saturated carbocycles. The molecule has 10 nitrogen and oxygen atoms in total. The number of unbranched alkanes of at least 4 members (excludes halogenated alkanes) is 1. The van der Waals surface area contributed by atoms with Gasteiger partial charge in [-0.2, -0.15) is 4.98 Å². The van der Waals surface area contributed by atoms with Crippen LogP contribution < -0.4 is 10.9 Å². The van der Waals surface area contributed by atoms with Crippen molar-refractivity contribution in [3.63, 3.8) is 0 Å². The lowest BCUT2D eigenvalue weighted by Gasteiger charge is -2.29. The average Bonchev–Trinajstić information content (AvgIpc) is 3.51. The highest BCUT2D eigenvalue weighted by atomic mass is 16.6. The minimum absolute atomic E-state index is 0.0722. The van der Waals surface area contributed by atoms with E-state index in [0.717, 1.165) is 67.0 Å². The fraction of sp³-hybridized carbons (Fsp3) is 0.500. The monoisotopic (exact) mass is 600 g/mol. The van der Waals surface area contributed by atoms with Gasteiger partial charge in [0.1, 0.15) is 22.8 Å². The molecule has 1 amide bonds. The average molecular weight is 601 g/mol. The second-order valence-electron chi connectivity index (χ2n) is 12.6. The van der Waals surface area contributed by atoms with Crippen molar-refractivity contribution in [2.24, 2.45) is 0 Å². The Morgan fingerprint density at radius 3 is 2.57 bits per heavy atom. The number of anilines is 2. The molecule has 1 fully saturated rings. The summed E-state index contributed by atoms with van der Waals surface area (Å²) in [5.74, 6) is 1.38. The van der Waals surface area contributed by atoms with Crippen LogP contribution in [0.15, 0.2) is 42.0 Å². The Balaban J connectivity index is 1.37. The summed E-state index contributed by atoms with van der Waals surface area (Å²) in [5, 5.41) is 4.03. The van der Waals surface area contributed by atoms with Crippen LogP contribution in [0.5, 0.6) is 0 Å². The van der Waals surface area contributed by atoms with Gasteiger partial charge in [0.25, 0.3) is 5.56 Å². The molecule has 0 atom stereocenters. The zero-order valence-electron chi connectivity index (χ0n) is 26.6. The first-order chi connectivity index (χ1) is 21.1. The van der Waals surface area contributed by atoms with Crippen LogP contribution in [0.3, 0.4) is 0 Å². The minimum atomic E-state index is -0.518. The van der Waals surface area contributed by atoms with Crippen LogP contribution in [0.1, 0.15) is 95.4 Å². The van der Waals surface area contributed by atoms with Gasteiger partial charge in [-0.05, 0) is 82.2 Å². The number of nitrogens with zero attached hydrogens (tertiary/aromatic N) is 5. The van der Waals surface area contributed by atoms with Gasteiger partial charge in [-0.1, -0.05) is 38.8 Å². The molecule has 4 heterocycles. The second-order valence-corrected chi connectivity index (χ2v) is 12.6. The van der Waals surface area contributed by atoms with E-state index in [1.807, 2.05) is 56.7 Å². The normalized spacial score (nSPS) is 15.8. The molecule has 10 heteroatoms. The molecule has 0 spiro atoms. The lowest BCUT2D eigenvalue weighted by Crippen LogP contribution is -2.39. The van der Waals surface area contributed by atoms with Crippen LogP contribution in [-0.4, -0.2) is 55.8 Å². The Morgan fingerprint density at radius 1 is 1.16 bits per heavy atom. The predicted octanol–water partition coefficient (Wildman–Crippen LogP) is 7.17. The lowest BCUT2D eigenvalue weighted by molar-refractivity contribution is 0.0270. The highest BCUT2D eigenvalue weighted by Crippen LogP contribution is 2.33. The number of aromatic nitrogens is 4. The van der Waals surface area contributed by atoms with E-state index in [2.05, 4.69) is 28.8 Å². The Morgan fingerprint density at radius 2 is 1.93 bits per heavy atom. The van der Waals surface area contributed by atoms with Gasteiger partial charge in [0.15, 0.2) is 0 Å². The molecule has 44 heavy (non-hydrogen) atoms. The fourth-order valence-electron chi connectivity index (χ4n) is 5.83. The van der Waals surface area contributed by atoms with Crippen LogP contribution in [0, 0.1) is 6.92 Å². The maximum Gasteiger partial charge on any atom is 0.410 e. The third-order valence-electron chi connectivity index (χ3n) is 8.19. The molecule has 1 N–H and O–H groups in total. The van der Waals surface area contributed by atoms with Crippen molar-refractivity contribution in [1.29, 1.82) is 0 Å². The molecule has 0 unspecified atom stereocenters. The third kappa shape index (κ3) is 6.95. The largest absolute Gasteiger partial charge is 0.493 e. The number of fused-ring (bicyclic) bond motifs is 1. The van der Waals surface area contributed by atoms with E-state index in [9.17, 15) is 9.59 Å². The maximum absolute atomic E-state index is 13.9. The molecule has 2 aliphatic rings. The van der Waals surface area contributed by atoms with Crippen molar-refractivity contribution in [2.75, 3.05) is 25.0 Å². The van der Waals surface area contributed by atoms with Gasteiger partial charge in [0, 0.05) is 36.9 Å². The summed E-state index contributed by atoms with van der Waals surface area (Å²) in [6.07, 6.45) is 12.0. The minimum Gasteiger partial charge on any atom is -0.493 e. The van der Waals surface area contributed by atoms with Crippen LogP contribution in [-0.2, 0) is 9.47 Å². The summed E-state index contributed by atoms with van der Waals surface area (Å²) < 4.78 is 13.2. The number of pyridine rings is 2. The molecule has 3 aromatic rings. The molecule has 234 valence electrons. The summed E-state index contributed by atoms with van der Waals surface area (Å²) >= 11 is 0. The van der Waals surface area contributed by atoms with Gasteiger partial charge in [-0.15, -0.1) is 0 Å². The number of rotatable bonds is 9. The molecule has 0 aromatic carbocycles. The molecule has 0 radical (unpaired) electrons. The number of carbonyl (C=O) groups is 1. The van der Waals surface area contributed by atoms with Crippen molar-refractivity contribution in [3.8, 4) is 0 Å². The van der Waals surface area contributed by atoms with Crippen LogP contribution in [0.4, 0.5) is 16.6 Å². The van der Waals surface area contributed by atoms with Crippen molar-refractivity contribution in [2.45, 2.75) is 91.2 Å². The number of hydrogen-bond acceptors (Lipinski definition) is 8. The molecule has 0 bridgehead atoms. The van der Waals surface area contributed by atoms with Gasteiger partial charge >= 0.3 is 6.09 Å². The van der Waals surface area contributed by atoms with Crippen molar-refractivity contribution < 1.29 is 14.3 Å². The van der Waals surface area contributed by atoms with Crippen LogP contribution >= 0.6 is 0 Å². The predicted molar refractivity (Wildman–Crippen MR) is 174 cm³/mol. The van der Waals surface area contributed by atoms with E-state index < -0.39 is 5.60 Å². The molecular formula is C34H44N6O4. The standard InChI is InChI=1S/C34H44N6O4/c1-7-8-19-43-23(3)29-22(2)27-21-36-32(38-30(27)40(31(29)41)26-11-9-10-12-26)37-28-14-13-25(20-35-28)24-15-17-39(18-16-24)33(42)44-34(4,5)6/h13-15,20-21,26H,3,7-12,16-19H2,1-2,4-6H3,(H,35,36,37,38). The van der Waals surface area contributed by atoms with Crippen LogP contribution in [0.2, 0.25) is 0 Å². The first kappa shape index (κ1) is 31.2. The molecular weight excluding hydrogens is 556 g/mol. The highest BCUT2D eigenvalue weighted by molar-refractivity contribution is 5.84. The van der Waals surface area contributed by atoms with E-state index in [0.29, 0.717) is 48.4 Å². The molecule has 1 aliphatic carbocycles. The van der Waals surface area contributed by atoms with Gasteiger partial charge in [0.05, 0.1) is 12.2 Å². The van der Waals surface area contributed by atoms with Crippen molar-refractivity contribution in [3.05, 3.63) is 64.2 Å². The maximum atomic E-state index is 13.9. The Bertz CT molecular complexity index is 1610. The summed E-state index contributed by atoms with van der Waals surface area (Å²) in [5.41, 5.74) is 3.41. The van der Waals surface area contributed by atoms with E-state index in [1.54, 1.807) is 11.1 Å². The first-order valence-electron chi connectivity index (χ1n) is 15.7. The number of amides is 1. The van der Waals surface area contributed by atoms with E-state index in [1.165, 1.54) is 0 Å². The quantitative estimate of drug-likeness (QED) is 0.203. The van der Waals surface area contributed by atoms with Crippen molar-refractivity contribution >= 4 is 40.2 Å². The summed E-state index contributed by atoms with van der Waals surface area (Å²) in [7, 11) is 0. The molecule has 3 aromatic heterocycles. The summed E-state index contributed by atoms with van der Waals surface area (Å²) in [4.78, 5) is 42.1. The van der Waals surface area contributed by atoms with Crippen molar-refractivity contribution in [1.82, 2.24) is 24.4 Å². The van der Waals surface area contributed by atoms with Gasteiger partial charge < -0.3 is 19.7 Å². The Hall–Kier alpha value is -4.21. The third-order valence-corrected chi connectivity index (χ3v) is 8.19. The van der Waals surface area contributed by atoms with E-state index in [-0.39, 0.29) is 17.7 Å².